The van der Waals surface area contributed by atoms with Gasteiger partial charge in [0.1, 0.15) is 24.3 Å². The molecule has 1 aliphatic rings. The van der Waals surface area contributed by atoms with Crippen LogP contribution in [-0.4, -0.2) is 60.4 Å². The van der Waals surface area contributed by atoms with Gasteiger partial charge in [-0.05, 0) is 66.9 Å². The summed E-state index contributed by atoms with van der Waals surface area (Å²) >= 11 is 0. The van der Waals surface area contributed by atoms with E-state index < -0.39 is 24.2 Å². The maximum atomic E-state index is 14.3. The number of amides is 3. The lowest BCUT2D eigenvalue weighted by atomic mass is 10.1. The number of ether oxygens (including phenoxy) is 2. The third kappa shape index (κ3) is 6.88. The van der Waals surface area contributed by atoms with Crippen molar-refractivity contribution in [1.82, 2.24) is 4.90 Å². The summed E-state index contributed by atoms with van der Waals surface area (Å²) in [7, 11) is 1.47. The SMILES string of the molecule is COc1cc(CC(=O)N2C[C@@H](F)C[C@H]2COc2ccc(C(=O)O)cc2)ccc1NC(=O)Nc1c(C)cccc1C. The maximum absolute atomic E-state index is 14.3. The third-order valence-corrected chi connectivity index (χ3v) is 6.82. The molecule has 10 heteroatoms. The Morgan fingerprint density at radius 3 is 2.38 bits per heavy atom. The van der Waals surface area contributed by atoms with Crippen LogP contribution in [0.2, 0.25) is 0 Å². The summed E-state index contributed by atoms with van der Waals surface area (Å²) < 4.78 is 25.5. The van der Waals surface area contributed by atoms with Gasteiger partial charge < -0.3 is 30.1 Å². The first-order chi connectivity index (χ1) is 19.1. The number of para-hydroxylation sites is 1. The zero-order chi connectivity index (χ0) is 28.8. The number of benzene rings is 3. The van der Waals surface area contributed by atoms with E-state index in [0.29, 0.717) is 22.7 Å². The number of carboxylic acids is 1. The molecule has 0 unspecified atom stereocenters. The Morgan fingerprint density at radius 2 is 1.73 bits per heavy atom. The molecule has 1 aliphatic heterocycles. The largest absolute Gasteiger partial charge is 0.495 e. The van der Waals surface area contributed by atoms with E-state index in [1.807, 2.05) is 32.0 Å². The highest BCUT2D eigenvalue weighted by atomic mass is 19.1. The van der Waals surface area contributed by atoms with Crippen LogP contribution in [0.5, 0.6) is 11.5 Å². The summed E-state index contributed by atoms with van der Waals surface area (Å²) in [5.74, 6) is -0.475. The summed E-state index contributed by atoms with van der Waals surface area (Å²) in [4.78, 5) is 38.3. The highest BCUT2D eigenvalue weighted by molar-refractivity contribution is 6.01. The smallest absolute Gasteiger partial charge is 0.335 e. The molecule has 0 aromatic heterocycles. The van der Waals surface area contributed by atoms with Crippen molar-refractivity contribution in [2.45, 2.75) is 38.9 Å². The molecule has 40 heavy (non-hydrogen) atoms. The van der Waals surface area contributed by atoms with Crippen LogP contribution in [0.1, 0.15) is 33.5 Å². The Bertz CT molecular complexity index is 1370. The number of urea groups is 1. The fraction of sp³-hybridized carbons (Fsp3) is 0.300. The molecule has 4 rings (SSSR count). The maximum Gasteiger partial charge on any atom is 0.335 e. The van der Waals surface area contributed by atoms with E-state index in [1.54, 1.807) is 18.2 Å². The molecule has 3 aromatic carbocycles. The number of rotatable bonds is 9. The number of methoxy groups -OCH3 is 1. The van der Waals surface area contributed by atoms with Crippen LogP contribution in [0.25, 0.3) is 0 Å². The third-order valence-electron chi connectivity index (χ3n) is 6.82. The van der Waals surface area contributed by atoms with Crippen LogP contribution in [0.15, 0.2) is 60.7 Å². The number of nitrogens with one attached hydrogen (secondary N) is 2. The first-order valence-corrected chi connectivity index (χ1v) is 12.9. The fourth-order valence-corrected chi connectivity index (χ4v) is 4.71. The van der Waals surface area contributed by atoms with Gasteiger partial charge in [-0.25, -0.2) is 14.0 Å². The van der Waals surface area contributed by atoms with Gasteiger partial charge in [0.15, 0.2) is 0 Å². The van der Waals surface area contributed by atoms with Crippen molar-refractivity contribution >= 4 is 29.3 Å². The number of carboxylic acid groups (broad SMARTS) is 1. The summed E-state index contributed by atoms with van der Waals surface area (Å²) in [6, 6.07) is 15.8. The molecule has 0 spiro atoms. The summed E-state index contributed by atoms with van der Waals surface area (Å²) in [6.07, 6.45) is -0.994. The number of aromatic carboxylic acids is 1. The van der Waals surface area contributed by atoms with Gasteiger partial charge in [0, 0.05) is 12.1 Å². The van der Waals surface area contributed by atoms with E-state index in [2.05, 4.69) is 10.6 Å². The highest BCUT2D eigenvalue weighted by Crippen LogP contribution is 2.28. The Morgan fingerprint density at radius 1 is 1.02 bits per heavy atom. The van der Waals surface area contributed by atoms with Gasteiger partial charge in [-0.2, -0.15) is 0 Å². The molecular formula is C30H32FN3O6. The summed E-state index contributed by atoms with van der Waals surface area (Å²) in [5.41, 5.74) is 3.82. The van der Waals surface area contributed by atoms with Crippen LogP contribution in [0.3, 0.4) is 0 Å². The second-order valence-corrected chi connectivity index (χ2v) is 9.73. The average Bonchev–Trinajstić information content (AvgIpc) is 3.31. The van der Waals surface area contributed by atoms with Gasteiger partial charge in [-0.15, -0.1) is 0 Å². The Kier molecular flexibility index (Phi) is 8.88. The van der Waals surface area contributed by atoms with Crippen LogP contribution in [-0.2, 0) is 11.2 Å². The zero-order valence-electron chi connectivity index (χ0n) is 22.6. The van der Waals surface area contributed by atoms with E-state index in [1.165, 1.54) is 36.3 Å². The van der Waals surface area contributed by atoms with E-state index >= 15 is 0 Å². The van der Waals surface area contributed by atoms with Crippen molar-refractivity contribution in [1.29, 1.82) is 0 Å². The number of alkyl halides is 1. The van der Waals surface area contributed by atoms with E-state index in [0.717, 1.165) is 16.8 Å². The molecule has 1 saturated heterocycles. The average molecular weight is 550 g/mol. The number of likely N-dealkylation sites (tertiary alicyclic amines) is 1. The van der Waals surface area contributed by atoms with Gasteiger partial charge in [-0.1, -0.05) is 24.3 Å². The van der Waals surface area contributed by atoms with Crippen molar-refractivity contribution in [3.63, 3.8) is 0 Å². The predicted molar refractivity (Wildman–Crippen MR) is 149 cm³/mol. The number of hydrogen-bond donors (Lipinski definition) is 3. The van der Waals surface area contributed by atoms with Gasteiger partial charge in [0.05, 0.1) is 37.4 Å². The molecule has 0 radical (unpaired) electrons. The van der Waals surface area contributed by atoms with Gasteiger partial charge >= 0.3 is 12.0 Å². The molecule has 0 bridgehead atoms. The van der Waals surface area contributed by atoms with Gasteiger partial charge in [0.2, 0.25) is 5.91 Å². The molecule has 1 fully saturated rings. The van der Waals surface area contributed by atoms with E-state index in [-0.39, 0.29) is 37.5 Å². The van der Waals surface area contributed by atoms with Crippen LogP contribution in [0, 0.1) is 13.8 Å². The summed E-state index contributed by atoms with van der Waals surface area (Å²) in [6.45, 7) is 3.88. The molecule has 3 N–H and O–H groups in total. The number of carbonyl (C=O) groups is 3. The van der Waals surface area contributed by atoms with Crippen molar-refractivity contribution in [2.75, 3.05) is 30.9 Å². The molecule has 210 valence electrons. The molecule has 0 saturated carbocycles. The minimum atomic E-state index is -1.16. The number of hydrogen-bond acceptors (Lipinski definition) is 5. The topological polar surface area (TPSA) is 117 Å². The molecule has 3 aromatic rings. The van der Waals surface area contributed by atoms with E-state index in [4.69, 9.17) is 14.6 Å². The molecular weight excluding hydrogens is 517 g/mol. The summed E-state index contributed by atoms with van der Waals surface area (Å²) in [5, 5.41) is 14.7. The number of anilines is 2. The van der Waals surface area contributed by atoms with Crippen molar-refractivity contribution in [2.24, 2.45) is 0 Å². The molecule has 0 aliphatic carbocycles. The number of carbonyl (C=O) groups excluding carboxylic acids is 2. The highest BCUT2D eigenvalue weighted by Gasteiger charge is 2.35. The molecule has 2 atom stereocenters. The fourth-order valence-electron chi connectivity index (χ4n) is 4.71. The van der Waals surface area contributed by atoms with E-state index in [9.17, 15) is 18.8 Å². The predicted octanol–water partition coefficient (Wildman–Crippen LogP) is 5.21. The number of aryl methyl sites for hydroxylation is 2. The van der Waals surface area contributed by atoms with Crippen molar-refractivity contribution < 1.29 is 33.4 Å². The molecule has 1 heterocycles. The van der Waals surface area contributed by atoms with Crippen LogP contribution in [0.4, 0.5) is 20.6 Å². The Labute approximate surface area is 231 Å². The van der Waals surface area contributed by atoms with Crippen LogP contribution < -0.4 is 20.1 Å². The number of nitrogens with zero attached hydrogens (tertiary/aromatic N) is 1. The molecule has 9 nitrogen and oxygen atoms in total. The second kappa shape index (κ2) is 12.5. The zero-order valence-corrected chi connectivity index (χ0v) is 22.6. The lowest BCUT2D eigenvalue weighted by Crippen LogP contribution is -2.40. The Hall–Kier alpha value is -4.60. The van der Waals surface area contributed by atoms with Crippen molar-refractivity contribution in [3.8, 4) is 11.5 Å². The van der Waals surface area contributed by atoms with Gasteiger partial charge in [-0.3, -0.25) is 4.79 Å². The quantitative estimate of drug-likeness (QED) is 0.337. The minimum Gasteiger partial charge on any atom is -0.495 e. The monoisotopic (exact) mass is 549 g/mol. The Balaban J connectivity index is 1.38. The second-order valence-electron chi connectivity index (χ2n) is 9.73. The number of halogens is 1. The first-order valence-electron chi connectivity index (χ1n) is 12.9. The lowest BCUT2D eigenvalue weighted by molar-refractivity contribution is -0.132. The first kappa shape index (κ1) is 28.4. The minimum absolute atomic E-state index is 0.0156. The van der Waals surface area contributed by atoms with Gasteiger partial charge in [0.25, 0.3) is 0 Å². The van der Waals surface area contributed by atoms with Crippen molar-refractivity contribution in [3.05, 3.63) is 82.9 Å². The molecule has 3 amide bonds. The standard InChI is InChI=1S/C30H32FN3O6/c1-18-5-4-6-19(2)28(18)33-30(38)32-25-12-7-20(13-26(25)39-3)14-27(35)34-16-22(31)15-23(34)17-40-24-10-8-21(9-11-24)29(36)37/h4-13,22-23H,14-17H2,1-3H3,(H,36,37)(H2,32,33,38)/t22-,23-/m0/s1. The normalized spacial score (nSPS) is 16.4. The lowest BCUT2D eigenvalue weighted by Gasteiger charge is -2.24. The van der Waals surface area contributed by atoms with Crippen LogP contribution >= 0.6 is 0 Å².